The van der Waals surface area contributed by atoms with Gasteiger partial charge < -0.3 is 10.4 Å². The van der Waals surface area contributed by atoms with Crippen LogP contribution in [0.1, 0.15) is 41.7 Å². The van der Waals surface area contributed by atoms with Gasteiger partial charge in [-0.15, -0.1) is 0 Å². The lowest BCUT2D eigenvalue weighted by Gasteiger charge is -2.27. The lowest BCUT2D eigenvalue weighted by molar-refractivity contribution is 0.0913. The average Bonchev–Trinajstić information content (AvgIpc) is 2.71. The van der Waals surface area contributed by atoms with Crippen LogP contribution in [0.3, 0.4) is 0 Å². The van der Waals surface area contributed by atoms with E-state index in [9.17, 15) is 4.79 Å². The van der Waals surface area contributed by atoms with Crippen LogP contribution in [-0.4, -0.2) is 33.4 Å². The van der Waals surface area contributed by atoms with Crippen molar-refractivity contribution in [2.45, 2.75) is 38.6 Å². The number of rotatable bonds is 3. The van der Waals surface area contributed by atoms with Gasteiger partial charge in [-0.1, -0.05) is 0 Å². The zero-order valence-electron chi connectivity index (χ0n) is 11.0. The number of amides is 1. The van der Waals surface area contributed by atoms with Gasteiger partial charge in [0.15, 0.2) is 0 Å². The van der Waals surface area contributed by atoms with Gasteiger partial charge in [-0.3, -0.25) is 9.48 Å². The molecule has 100 valence electrons. The van der Waals surface area contributed by atoms with Gasteiger partial charge in [0.05, 0.1) is 11.8 Å². The largest absolute Gasteiger partial charge is 0.396 e. The van der Waals surface area contributed by atoms with Crippen molar-refractivity contribution in [3.63, 3.8) is 0 Å². The fourth-order valence-corrected chi connectivity index (χ4v) is 2.47. The van der Waals surface area contributed by atoms with Gasteiger partial charge in [0.2, 0.25) is 0 Å². The Kier molecular flexibility index (Phi) is 4.01. The molecule has 0 aliphatic heterocycles. The Bertz CT molecular complexity index is 420. The van der Waals surface area contributed by atoms with Gasteiger partial charge >= 0.3 is 0 Å². The zero-order chi connectivity index (χ0) is 13.1. The van der Waals surface area contributed by atoms with Gasteiger partial charge in [0.25, 0.3) is 5.91 Å². The van der Waals surface area contributed by atoms with E-state index < -0.39 is 0 Å². The Hall–Kier alpha value is -1.36. The first-order chi connectivity index (χ1) is 8.61. The molecule has 1 heterocycles. The molecule has 1 aliphatic rings. The molecule has 0 aromatic carbocycles. The number of aryl methyl sites for hydroxylation is 1. The second-order valence-corrected chi connectivity index (χ2v) is 5.14. The number of hydrogen-bond donors (Lipinski definition) is 2. The van der Waals surface area contributed by atoms with Crippen LogP contribution >= 0.6 is 0 Å². The summed E-state index contributed by atoms with van der Waals surface area (Å²) in [5.74, 6) is 0.381. The molecule has 1 amide bonds. The van der Waals surface area contributed by atoms with Gasteiger partial charge in [0.1, 0.15) is 0 Å². The monoisotopic (exact) mass is 251 g/mol. The van der Waals surface area contributed by atoms with Crippen LogP contribution in [0.5, 0.6) is 0 Å². The Balaban J connectivity index is 1.91. The van der Waals surface area contributed by atoms with Crippen LogP contribution in [0.25, 0.3) is 0 Å². The highest BCUT2D eigenvalue weighted by atomic mass is 16.3. The van der Waals surface area contributed by atoms with E-state index in [0.29, 0.717) is 11.5 Å². The molecule has 2 N–H and O–H groups in total. The van der Waals surface area contributed by atoms with E-state index in [1.165, 1.54) is 0 Å². The van der Waals surface area contributed by atoms with Crippen molar-refractivity contribution in [1.29, 1.82) is 0 Å². The molecule has 0 bridgehead atoms. The predicted molar refractivity (Wildman–Crippen MR) is 68.2 cm³/mol. The third kappa shape index (κ3) is 2.72. The summed E-state index contributed by atoms with van der Waals surface area (Å²) < 4.78 is 1.71. The summed E-state index contributed by atoms with van der Waals surface area (Å²) in [5, 5.41) is 16.2. The first-order valence-corrected chi connectivity index (χ1v) is 6.52. The maximum absolute atomic E-state index is 12.1. The van der Waals surface area contributed by atoms with Crippen LogP contribution in [-0.2, 0) is 7.05 Å². The molecular formula is C13H21N3O2. The quantitative estimate of drug-likeness (QED) is 0.842. The number of carbonyl (C=O) groups excluding carboxylic acids is 1. The van der Waals surface area contributed by atoms with E-state index in [1.807, 2.05) is 14.0 Å². The molecule has 0 unspecified atom stereocenters. The molecule has 5 heteroatoms. The summed E-state index contributed by atoms with van der Waals surface area (Å²) in [6.45, 7) is 2.16. The highest BCUT2D eigenvalue weighted by Crippen LogP contribution is 2.24. The first kappa shape index (κ1) is 13.1. The molecule has 1 aromatic rings. The smallest absolute Gasteiger partial charge is 0.254 e. The van der Waals surface area contributed by atoms with Crippen LogP contribution in [0, 0.1) is 12.8 Å². The molecule has 0 radical (unpaired) electrons. The van der Waals surface area contributed by atoms with Crippen molar-refractivity contribution in [3.8, 4) is 0 Å². The molecule has 0 spiro atoms. The lowest BCUT2D eigenvalue weighted by atomic mass is 9.86. The van der Waals surface area contributed by atoms with E-state index in [4.69, 9.17) is 5.11 Å². The molecule has 18 heavy (non-hydrogen) atoms. The molecule has 1 aromatic heterocycles. The number of aliphatic hydroxyl groups is 1. The number of carbonyl (C=O) groups is 1. The van der Waals surface area contributed by atoms with Crippen LogP contribution in [0.2, 0.25) is 0 Å². The summed E-state index contributed by atoms with van der Waals surface area (Å²) >= 11 is 0. The van der Waals surface area contributed by atoms with Crippen molar-refractivity contribution < 1.29 is 9.90 Å². The minimum Gasteiger partial charge on any atom is -0.396 e. The van der Waals surface area contributed by atoms with E-state index >= 15 is 0 Å². The fraction of sp³-hybridized carbons (Fsp3) is 0.692. The second kappa shape index (κ2) is 5.52. The first-order valence-electron chi connectivity index (χ1n) is 6.52. The van der Waals surface area contributed by atoms with E-state index in [1.54, 1.807) is 10.9 Å². The minimum atomic E-state index is -0.0342. The van der Waals surface area contributed by atoms with E-state index in [2.05, 4.69) is 10.4 Å². The fourth-order valence-electron chi connectivity index (χ4n) is 2.47. The summed E-state index contributed by atoms with van der Waals surface area (Å²) in [6, 6.07) is 0.236. The van der Waals surface area contributed by atoms with Gasteiger partial charge in [0, 0.05) is 25.4 Å². The van der Waals surface area contributed by atoms with Crippen LogP contribution in [0.4, 0.5) is 0 Å². The van der Waals surface area contributed by atoms with E-state index in [0.717, 1.165) is 31.4 Å². The van der Waals surface area contributed by atoms with Crippen LogP contribution < -0.4 is 5.32 Å². The third-order valence-electron chi connectivity index (χ3n) is 3.92. The Morgan fingerprint density at radius 2 is 2.17 bits per heavy atom. The third-order valence-corrected chi connectivity index (χ3v) is 3.92. The topological polar surface area (TPSA) is 67.2 Å². The average molecular weight is 251 g/mol. The predicted octanol–water partition coefficient (Wildman–Crippen LogP) is 1.01. The molecule has 2 rings (SSSR count). The van der Waals surface area contributed by atoms with Crippen molar-refractivity contribution in [1.82, 2.24) is 15.1 Å². The zero-order valence-corrected chi connectivity index (χ0v) is 11.0. The van der Waals surface area contributed by atoms with Crippen LogP contribution in [0.15, 0.2) is 6.20 Å². The lowest BCUT2D eigenvalue weighted by Crippen LogP contribution is -2.38. The standard InChI is InChI=1S/C13H21N3O2/c1-9-12(7-14-16(9)2)13(18)15-11-5-3-10(8-17)4-6-11/h7,10-11,17H,3-6,8H2,1-2H3,(H,15,18). The van der Waals surface area contributed by atoms with E-state index in [-0.39, 0.29) is 18.6 Å². The molecule has 5 nitrogen and oxygen atoms in total. The number of aliphatic hydroxyl groups excluding tert-OH is 1. The molecule has 0 atom stereocenters. The van der Waals surface area contributed by atoms with Crippen molar-refractivity contribution in [3.05, 3.63) is 17.5 Å². The van der Waals surface area contributed by atoms with Crippen molar-refractivity contribution >= 4 is 5.91 Å². The van der Waals surface area contributed by atoms with Gasteiger partial charge in [-0.05, 0) is 38.5 Å². The van der Waals surface area contributed by atoms with Gasteiger partial charge in [-0.25, -0.2) is 0 Å². The molecular weight excluding hydrogens is 230 g/mol. The Morgan fingerprint density at radius 1 is 1.50 bits per heavy atom. The number of hydrogen-bond acceptors (Lipinski definition) is 3. The van der Waals surface area contributed by atoms with Gasteiger partial charge in [-0.2, -0.15) is 5.10 Å². The number of nitrogens with zero attached hydrogens (tertiary/aromatic N) is 2. The molecule has 1 saturated carbocycles. The number of aromatic nitrogens is 2. The SMILES string of the molecule is Cc1c(C(=O)NC2CCC(CO)CC2)cnn1C. The molecule has 1 fully saturated rings. The number of nitrogens with one attached hydrogen (secondary N) is 1. The van der Waals surface area contributed by atoms with Crippen molar-refractivity contribution in [2.75, 3.05) is 6.61 Å². The second-order valence-electron chi connectivity index (χ2n) is 5.14. The highest BCUT2D eigenvalue weighted by molar-refractivity contribution is 5.95. The Labute approximate surface area is 107 Å². The molecule has 1 aliphatic carbocycles. The van der Waals surface area contributed by atoms with Crippen molar-refractivity contribution in [2.24, 2.45) is 13.0 Å². The maximum atomic E-state index is 12.1. The normalized spacial score (nSPS) is 23.9. The summed E-state index contributed by atoms with van der Waals surface area (Å²) in [6.07, 6.45) is 5.51. The summed E-state index contributed by atoms with van der Waals surface area (Å²) in [4.78, 5) is 12.1. The maximum Gasteiger partial charge on any atom is 0.254 e. The minimum absolute atomic E-state index is 0.0342. The Morgan fingerprint density at radius 3 is 2.67 bits per heavy atom. The molecule has 0 saturated heterocycles. The highest BCUT2D eigenvalue weighted by Gasteiger charge is 2.23. The summed E-state index contributed by atoms with van der Waals surface area (Å²) in [7, 11) is 1.83. The summed E-state index contributed by atoms with van der Waals surface area (Å²) in [5.41, 5.74) is 1.54.